The number of benzene rings is 1. The maximum Gasteiger partial charge on any atom is 0.341 e. The minimum Gasteiger partial charge on any atom is -0.497 e. The van der Waals surface area contributed by atoms with E-state index >= 15 is 0 Å². The van der Waals surface area contributed by atoms with Gasteiger partial charge >= 0.3 is 18.0 Å². The number of anilines is 1. The van der Waals surface area contributed by atoms with Gasteiger partial charge in [0.2, 0.25) is 0 Å². The molecule has 1 atom stereocenters. The number of ether oxygens (including phenoxy) is 4. The van der Waals surface area contributed by atoms with E-state index in [2.05, 4.69) is 10.6 Å². The molecule has 2 amide bonds. The fourth-order valence-corrected chi connectivity index (χ4v) is 5.28. The summed E-state index contributed by atoms with van der Waals surface area (Å²) in [6.07, 6.45) is 1.66. The van der Waals surface area contributed by atoms with Crippen LogP contribution in [0.3, 0.4) is 0 Å². The van der Waals surface area contributed by atoms with Crippen LogP contribution in [-0.2, 0) is 27.2 Å². The Morgan fingerprint density at radius 1 is 1.09 bits per heavy atom. The highest BCUT2D eigenvalue weighted by Crippen LogP contribution is 2.46. The molecule has 1 aliphatic carbocycles. The Bertz CT molecular complexity index is 1050. The van der Waals surface area contributed by atoms with Gasteiger partial charge in [0.25, 0.3) is 0 Å². The van der Waals surface area contributed by atoms with Crippen LogP contribution >= 0.6 is 11.3 Å². The van der Waals surface area contributed by atoms with Crippen LogP contribution in [0.15, 0.2) is 18.2 Å². The normalized spacial score (nSPS) is 14.2. The molecular formula is C24H30N2O7S. The summed E-state index contributed by atoms with van der Waals surface area (Å²) in [5, 5.41) is 6.00. The van der Waals surface area contributed by atoms with Crippen LogP contribution in [0.2, 0.25) is 0 Å². The van der Waals surface area contributed by atoms with Crippen molar-refractivity contribution < 1.29 is 33.3 Å². The maximum atomic E-state index is 12.8. The van der Waals surface area contributed by atoms with Crippen molar-refractivity contribution in [2.75, 3.05) is 32.8 Å². The molecule has 34 heavy (non-hydrogen) atoms. The van der Waals surface area contributed by atoms with Crippen molar-refractivity contribution in [1.82, 2.24) is 5.32 Å². The second-order valence-corrected chi connectivity index (χ2v) is 8.70. The summed E-state index contributed by atoms with van der Waals surface area (Å²) in [4.78, 5) is 38.6. The Morgan fingerprint density at radius 2 is 1.85 bits per heavy atom. The number of hydrogen-bond donors (Lipinski definition) is 2. The van der Waals surface area contributed by atoms with Crippen LogP contribution in [0.5, 0.6) is 11.5 Å². The molecule has 9 nitrogen and oxygen atoms in total. The van der Waals surface area contributed by atoms with E-state index in [1.54, 1.807) is 40.2 Å². The average Bonchev–Trinajstić information content (AvgIpc) is 3.36. The maximum absolute atomic E-state index is 12.8. The number of esters is 2. The smallest absolute Gasteiger partial charge is 0.341 e. The molecule has 2 aromatic rings. The Hall–Kier alpha value is -3.27. The first-order valence-corrected chi connectivity index (χ1v) is 12.0. The molecule has 0 aliphatic heterocycles. The molecule has 2 N–H and O–H groups in total. The fourth-order valence-electron chi connectivity index (χ4n) is 4.00. The number of thiophene rings is 1. The minimum atomic E-state index is -0.511. The Kier molecular flexibility index (Phi) is 8.75. The van der Waals surface area contributed by atoms with Crippen LogP contribution in [-0.4, -0.2) is 45.4 Å². The van der Waals surface area contributed by atoms with E-state index in [4.69, 9.17) is 18.9 Å². The zero-order chi connectivity index (χ0) is 24.7. The highest BCUT2D eigenvalue weighted by Gasteiger charge is 2.35. The summed E-state index contributed by atoms with van der Waals surface area (Å²) in [5.41, 5.74) is 1.88. The number of amides is 2. The van der Waals surface area contributed by atoms with Crippen LogP contribution in [0.1, 0.15) is 59.0 Å². The van der Waals surface area contributed by atoms with Gasteiger partial charge in [-0.05, 0) is 50.3 Å². The number of rotatable bonds is 10. The van der Waals surface area contributed by atoms with Crippen molar-refractivity contribution in [3.63, 3.8) is 0 Å². The van der Waals surface area contributed by atoms with Crippen molar-refractivity contribution in [1.29, 1.82) is 0 Å². The zero-order valence-corrected chi connectivity index (χ0v) is 20.6. The Labute approximate surface area is 202 Å². The number of carbonyl (C=O) groups is 3. The summed E-state index contributed by atoms with van der Waals surface area (Å²) < 4.78 is 20.9. The number of nitrogens with one attached hydrogen (secondary N) is 2. The lowest BCUT2D eigenvalue weighted by Gasteiger charge is -2.14. The molecular weight excluding hydrogens is 460 g/mol. The van der Waals surface area contributed by atoms with Gasteiger partial charge in [-0.1, -0.05) is 0 Å². The molecule has 0 fully saturated rings. The third-order valence-electron chi connectivity index (χ3n) is 5.51. The molecule has 0 saturated heterocycles. The molecule has 0 saturated carbocycles. The third-order valence-corrected chi connectivity index (χ3v) is 6.69. The van der Waals surface area contributed by atoms with Crippen molar-refractivity contribution in [2.24, 2.45) is 0 Å². The quantitative estimate of drug-likeness (QED) is 0.479. The van der Waals surface area contributed by atoms with Gasteiger partial charge in [-0.15, -0.1) is 11.3 Å². The summed E-state index contributed by atoms with van der Waals surface area (Å²) in [7, 11) is 3.11. The van der Waals surface area contributed by atoms with E-state index in [-0.39, 0.29) is 31.5 Å². The first kappa shape index (κ1) is 25.4. The van der Waals surface area contributed by atoms with Crippen LogP contribution in [0, 0.1) is 0 Å². The first-order chi connectivity index (χ1) is 16.4. The van der Waals surface area contributed by atoms with Crippen molar-refractivity contribution >= 4 is 34.3 Å². The molecule has 1 unspecified atom stereocenters. The number of aryl methyl sites for hydroxylation is 1. The van der Waals surface area contributed by atoms with Gasteiger partial charge in [0, 0.05) is 23.1 Å². The van der Waals surface area contributed by atoms with Crippen LogP contribution in [0.4, 0.5) is 9.80 Å². The van der Waals surface area contributed by atoms with E-state index in [0.717, 1.165) is 28.8 Å². The number of urea groups is 1. The number of fused-ring (bicyclic) bond motifs is 1. The minimum absolute atomic E-state index is 0.146. The lowest BCUT2D eigenvalue weighted by molar-refractivity contribution is -0.143. The molecule has 0 radical (unpaired) electrons. The molecule has 1 heterocycles. The van der Waals surface area contributed by atoms with Crippen LogP contribution < -0.4 is 20.1 Å². The monoisotopic (exact) mass is 490 g/mol. The first-order valence-electron chi connectivity index (χ1n) is 11.2. The van der Waals surface area contributed by atoms with Crippen molar-refractivity contribution in [2.45, 2.75) is 45.6 Å². The van der Waals surface area contributed by atoms with Gasteiger partial charge in [-0.3, -0.25) is 10.1 Å². The van der Waals surface area contributed by atoms with Crippen molar-refractivity contribution in [3.05, 3.63) is 39.8 Å². The molecule has 184 valence electrons. The van der Waals surface area contributed by atoms with E-state index in [0.29, 0.717) is 28.7 Å². The standard InChI is InChI=1S/C24H30N2O7S/c1-5-32-19(27)11-14-8-10-18-20(14)21(23(28)33-6-2)22(34-18)26-24(29)25-13-15-7-9-16(30-3)12-17(15)31-4/h7,9,12,14H,5-6,8,10-11,13H2,1-4H3,(H2,25,26,29). The van der Waals surface area contributed by atoms with Gasteiger partial charge in [-0.25, -0.2) is 9.59 Å². The van der Waals surface area contributed by atoms with E-state index in [1.807, 2.05) is 6.07 Å². The zero-order valence-electron chi connectivity index (χ0n) is 19.8. The van der Waals surface area contributed by atoms with Crippen molar-refractivity contribution in [3.8, 4) is 11.5 Å². The number of methoxy groups -OCH3 is 2. The summed E-state index contributed by atoms with van der Waals surface area (Å²) in [5.74, 6) is 0.273. The van der Waals surface area contributed by atoms with E-state index in [9.17, 15) is 14.4 Å². The topological polar surface area (TPSA) is 112 Å². The predicted molar refractivity (Wildman–Crippen MR) is 128 cm³/mol. The van der Waals surface area contributed by atoms with Gasteiger partial charge in [0.05, 0.1) is 39.4 Å². The molecule has 1 aromatic heterocycles. The van der Waals surface area contributed by atoms with Gasteiger partial charge < -0.3 is 24.3 Å². The summed E-state index contributed by atoms with van der Waals surface area (Å²) in [6.45, 7) is 4.20. The van der Waals surface area contributed by atoms with Gasteiger partial charge in [-0.2, -0.15) is 0 Å². The number of hydrogen-bond acceptors (Lipinski definition) is 8. The lowest BCUT2D eigenvalue weighted by Crippen LogP contribution is -2.28. The highest BCUT2D eigenvalue weighted by molar-refractivity contribution is 7.17. The Morgan fingerprint density at radius 3 is 2.53 bits per heavy atom. The van der Waals surface area contributed by atoms with Gasteiger partial charge in [0.15, 0.2) is 0 Å². The second kappa shape index (κ2) is 11.7. The number of carbonyl (C=O) groups excluding carboxylic acids is 3. The lowest BCUT2D eigenvalue weighted by atomic mass is 9.96. The molecule has 0 bridgehead atoms. The third kappa shape index (κ3) is 5.80. The van der Waals surface area contributed by atoms with E-state index < -0.39 is 12.0 Å². The average molecular weight is 491 g/mol. The summed E-state index contributed by atoms with van der Waals surface area (Å²) in [6, 6.07) is 4.86. The van der Waals surface area contributed by atoms with Crippen LogP contribution in [0.25, 0.3) is 0 Å². The predicted octanol–water partition coefficient (Wildman–Crippen LogP) is 4.25. The second-order valence-electron chi connectivity index (χ2n) is 7.59. The SMILES string of the molecule is CCOC(=O)CC1CCc2sc(NC(=O)NCc3ccc(OC)cc3OC)c(C(=O)OCC)c21. The van der Waals surface area contributed by atoms with E-state index in [1.165, 1.54) is 11.3 Å². The fraction of sp³-hybridized carbons (Fsp3) is 0.458. The highest BCUT2D eigenvalue weighted by atomic mass is 32.1. The molecule has 3 rings (SSSR count). The molecule has 0 spiro atoms. The molecule has 1 aliphatic rings. The van der Waals surface area contributed by atoms with Gasteiger partial charge in [0.1, 0.15) is 16.5 Å². The Balaban J connectivity index is 1.77. The molecule has 1 aromatic carbocycles. The molecule has 10 heteroatoms. The summed E-state index contributed by atoms with van der Waals surface area (Å²) >= 11 is 1.34. The largest absolute Gasteiger partial charge is 0.497 e.